The van der Waals surface area contributed by atoms with Crippen molar-refractivity contribution in [2.45, 2.75) is 26.2 Å². The van der Waals surface area contributed by atoms with Crippen LogP contribution in [0.25, 0.3) is 21.3 Å². The number of carbonyl (C=O) groups is 1. The smallest absolute Gasteiger partial charge is 0.269 e. The summed E-state index contributed by atoms with van der Waals surface area (Å²) in [7, 11) is 0. The minimum Gasteiger partial charge on any atom is -0.397 e. The zero-order valence-corrected chi connectivity index (χ0v) is 18.7. The maximum Gasteiger partial charge on any atom is 0.269 e. The van der Waals surface area contributed by atoms with Gasteiger partial charge in [-0.2, -0.15) is 0 Å². The van der Waals surface area contributed by atoms with E-state index in [0.717, 1.165) is 22.2 Å². The Morgan fingerprint density at radius 2 is 1.75 bits per heavy atom. The number of hydrogen-bond donors (Lipinski definition) is 2. The molecule has 162 valence electrons. The summed E-state index contributed by atoms with van der Waals surface area (Å²) >= 11 is 1.24. The molecule has 0 fully saturated rings. The number of benzene rings is 2. The first-order chi connectivity index (χ1) is 15.1. The molecule has 4 aromatic rings. The minimum atomic E-state index is -0.487. The number of nitrogens with zero attached hydrogens (tertiary/aromatic N) is 2. The average molecular weight is 447 g/mol. The third-order valence-electron chi connectivity index (χ3n) is 5.09. The van der Waals surface area contributed by atoms with E-state index < -0.39 is 4.92 Å². The van der Waals surface area contributed by atoms with Crippen LogP contribution in [0.4, 0.5) is 17.1 Å². The second-order valence-electron chi connectivity index (χ2n) is 8.45. The lowest BCUT2D eigenvalue weighted by atomic mass is 9.89. The zero-order valence-electron chi connectivity index (χ0n) is 17.9. The Morgan fingerprint density at radius 1 is 1.09 bits per heavy atom. The molecule has 4 rings (SSSR count). The Morgan fingerprint density at radius 3 is 2.34 bits per heavy atom. The van der Waals surface area contributed by atoms with Crippen LogP contribution in [-0.4, -0.2) is 15.8 Å². The van der Waals surface area contributed by atoms with Gasteiger partial charge in [-0.25, -0.2) is 4.98 Å². The van der Waals surface area contributed by atoms with Crippen LogP contribution in [0.1, 0.15) is 36.1 Å². The predicted octanol–water partition coefficient (Wildman–Crippen LogP) is 6.00. The maximum absolute atomic E-state index is 13.0. The van der Waals surface area contributed by atoms with Crippen molar-refractivity contribution in [2.24, 2.45) is 0 Å². The minimum absolute atomic E-state index is 0.0456. The number of nitrogens with two attached hydrogens (primary N) is 1. The Kier molecular flexibility index (Phi) is 5.40. The van der Waals surface area contributed by atoms with E-state index in [1.807, 2.05) is 36.4 Å². The molecule has 3 N–H and O–H groups in total. The standard InChI is InChI=1S/C24H22N4O3S/c1-24(2,3)18-13-17(14-7-5-4-6-8-14)19-20(25)21(32-23(19)27-18)22(29)26-15-9-11-16(12-10-15)28(30)31/h4-13H,25H2,1-3H3,(H,26,29). The molecule has 0 bridgehead atoms. The third-order valence-corrected chi connectivity index (χ3v) is 6.19. The summed E-state index contributed by atoms with van der Waals surface area (Å²) < 4.78 is 0. The monoisotopic (exact) mass is 446 g/mol. The van der Waals surface area contributed by atoms with Gasteiger partial charge in [0.05, 0.1) is 10.6 Å². The Balaban J connectivity index is 1.80. The summed E-state index contributed by atoms with van der Waals surface area (Å²) in [6, 6.07) is 17.6. The topological polar surface area (TPSA) is 111 Å². The number of anilines is 2. The van der Waals surface area contributed by atoms with Gasteiger partial charge < -0.3 is 11.1 Å². The summed E-state index contributed by atoms with van der Waals surface area (Å²) in [6.45, 7) is 6.28. The number of fused-ring (bicyclic) bond motifs is 1. The highest BCUT2D eigenvalue weighted by molar-refractivity contribution is 7.21. The first kappa shape index (κ1) is 21.5. The quantitative estimate of drug-likeness (QED) is 0.295. The number of rotatable bonds is 4. The van der Waals surface area contributed by atoms with Crippen LogP contribution in [0.15, 0.2) is 60.7 Å². The third kappa shape index (κ3) is 4.04. The SMILES string of the molecule is CC(C)(C)c1cc(-c2ccccc2)c2c(N)c(C(=O)Nc3ccc([N+](=O)[O-])cc3)sc2n1. The molecule has 8 heteroatoms. The highest BCUT2D eigenvalue weighted by Crippen LogP contribution is 2.41. The number of nitrogen functional groups attached to an aromatic ring is 1. The lowest BCUT2D eigenvalue weighted by Crippen LogP contribution is -2.13. The zero-order chi connectivity index (χ0) is 23.0. The Hall–Kier alpha value is -3.78. The van der Waals surface area contributed by atoms with Crippen LogP contribution in [0.3, 0.4) is 0 Å². The highest BCUT2D eigenvalue weighted by atomic mass is 32.1. The van der Waals surface area contributed by atoms with E-state index in [-0.39, 0.29) is 17.0 Å². The fraction of sp³-hybridized carbons (Fsp3) is 0.167. The normalized spacial score (nSPS) is 11.5. The van der Waals surface area contributed by atoms with Gasteiger partial charge in [0.25, 0.3) is 11.6 Å². The van der Waals surface area contributed by atoms with E-state index in [1.165, 1.54) is 35.6 Å². The first-order valence-electron chi connectivity index (χ1n) is 10.00. The van der Waals surface area contributed by atoms with Crippen molar-refractivity contribution >= 4 is 44.5 Å². The number of thiophene rings is 1. The van der Waals surface area contributed by atoms with Crippen molar-refractivity contribution < 1.29 is 9.72 Å². The molecule has 2 aromatic carbocycles. The highest BCUT2D eigenvalue weighted by Gasteiger charge is 2.24. The van der Waals surface area contributed by atoms with Gasteiger partial charge in [-0.3, -0.25) is 14.9 Å². The molecule has 0 radical (unpaired) electrons. The van der Waals surface area contributed by atoms with Crippen LogP contribution in [0.5, 0.6) is 0 Å². The van der Waals surface area contributed by atoms with E-state index in [4.69, 9.17) is 10.7 Å². The molecular weight excluding hydrogens is 424 g/mol. The lowest BCUT2D eigenvalue weighted by molar-refractivity contribution is -0.384. The van der Waals surface area contributed by atoms with Crippen LogP contribution < -0.4 is 11.1 Å². The summed E-state index contributed by atoms with van der Waals surface area (Å²) in [4.78, 5) is 29.2. The van der Waals surface area contributed by atoms with Gasteiger partial charge in [-0.05, 0) is 29.3 Å². The van der Waals surface area contributed by atoms with Crippen LogP contribution in [0, 0.1) is 10.1 Å². The van der Waals surface area contributed by atoms with Gasteiger partial charge in [-0.1, -0.05) is 51.1 Å². The number of non-ortho nitro benzene ring substituents is 1. The molecule has 0 spiro atoms. The van der Waals surface area contributed by atoms with E-state index in [2.05, 4.69) is 26.1 Å². The van der Waals surface area contributed by atoms with Crippen molar-refractivity contribution in [3.05, 3.63) is 81.3 Å². The number of carbonyl (C=O) groups excluding carboxylic acids is 1. The molecule has 7 nitrogen and oxygen atoms in total. The molecule has 1 amide bonds. The molecule has 32 heavy (non-hydrogen) atoms. The lowest BCUT2D eigenvalue weighted by Gasteiger charge is -2.19. The molecule has 0 saturated carbocycles. The van der Waals surface area contributed by atoms with Crippen molar-refractivity contribution in [2.75, 3.05) is 11.1 Å². The van der Waals surface area contributed by atoms with Gasteiger partial charge in [0.2, 0.25) is 0 Å². The van der Waals surface area contributed by atoms with Gasteiger partial charge in [0.15, 0.2) is 0 Å². The molecule has 0 saturated heterocycles. The molecule has 0 aliphatic heterocycles. The number of nitro groups is 1. The van der Waals surface area contributed by atoms with E-state index in [1.54, 1.807) is 0 Å². The van der Waals surface area contributed by atoms with Crippen molar-refractivity contribution in [1.29, 1.82) is 0 Å². The molecule has 2 aromatic heterocycles. The molecular formula is C24H22N4O3S. The molecule has 2 heterocycles. The van der Waals surface area contributed by atoms with Crippen LogP contribution >= 0.6 is 11.3 Å². The summed E-state index contributed by atoms with van der Waals surface area (Å²) in [5.74, 6) is -0.379. The van der Waals surface area contributed by atoms with Crippen LogP contribution in [0.2, 0.25) is 0 Å². The maximum atomic E-state index is 13.0. The predicted molar refractivity (Wildman–Crippen MR) is 129 cm³/mol. The summed E-state index contributed by atoms with van der Waals surface area (Å²) in [6.07, 6.45) is 0. The second-order valence-corrected chi connectivity index (χ2v) is 9.45. The number of aromatic nitrogens is 1. The number of amides is 1. The fourth-order valence-corrected chi connectivity index (χ4v) is 4.39. The number of nitro benzene ring substituents is 1. The number of pyridine rings is 1. The van der Waals surface area contributed by atoms with Gasteiger partial charge in [0, 0.05) is 34.3 Å². The molecule has 0 atom stereocenters. The van der Waals surface area contributed by atoms with E-state index in [9.17, 15) is 14.9 Å². The molecule has 0 unspecified atom stereocenters. The van der Waals surface area contributed by atoms with Crippen molar-refractivity contribution in [3.8, 4) is 11.1 Å². The van der Waals surface area contributed by atoms with Crippen molar-refractivity contribution in [1.82, 2.24) is 4.98 Å². The van der Waals surface area contributed by atoms with Gasteiger partial charge >= 0.3 is 0 Å². The second kappa shape index (κ2) is 8.05. The van der Waals surface area contributed by atoms with E-state index in [0.29, 0.717) is 21.1 Å². The van der Waals surface area contributed by atoms with Gasteiger partial charge in [-0.15, -0.1) is 11.3 Å². The van der Waals surface area contributed by atoms with Crippen LogP contribution in [-0.2, 0) is 5.41 Å². The first-order valence-corrected chi connectivity index (χ1v) is 10.8. The summed E-state index contributed by atoms with van der Waals surface area (Å²) in [5.41, 5.74) is 9.91. The molecule has 0 aliphatic rings. The Labute approximate surface area is 189 Å². The van der Waals surface area contributed by atoms with Crippen molar-refractivity contribution in [3.63, 3.8) is 0 Å². The number of nitrogens with one attached hydrogen (secondary N) is 1. The number of hydrogen-bond acceptors (Lipinski definition) is 6. The van der Waals surface area contributed by atoms with E-state index >= 15 is 0 Å². The average Bonchev–Trinajstić information content (AvgIpc) is 3.10. The fourth-order valence-electron chi connectivity index (χ4n) is 3.37. The largest absolute Gasteiger partial charge is 0.397 e. The molecule has 0 aliphatic carbocycles. The van der Waals surface area contributed by atoms with Gasteiger partial charge in [0.1, 0.15) is 9.71 Å². The summed E-state index contributed by atoms with van der Waals surface area (Å²) in [5, 5.41) is 14.4. The Bertz CT molecular complexity index is 1320.